The minimum atomic E-state index is -3.88. The minimum Gasteiger partial charge on any atom is -0.465 e. The number of halogens is 1. The number of nitrogens with zero attached hydrogens (tertiary/aromatic N) is 2. The van der Waals surface area contributed by atoms with Gasteiger partial charge in [-0.25, -0.2) is 13.2 Å². The monoisotopic (exact) mass is 330 g/mol. The number of hydrogen-bond donors (Lipinski definition) is 0. The molecular weight excluding hydrogens is 316 g/mol. The van der Waals surface area contributed by atoms with E-state index < -0.39 is 16.0 Å². The summed E-state index contributed by atoms with van der Waals surface area (Å²) in [6.45, 7) is 1.92. The third-order valence-corrected chi connectivity index (χ3v) is 5.25. The first-order valence-corrected chi connectivity index (χ1v) is 7.95. The van der Waals surface area contributed by atoms with E-state index in [9.17, 15) is 13.2 Å². The smallest absolute Gasteiger partial charge is 0.337 e. The van der Waals surface area contributed by atoms with Gasteiger partial charge in [-0.1, -0.05) is 18.5 Å². The third-order valence-electron chi connectivity index (χ3n) is 2.80. The molecule has 0 amide bonds. The Hall–Kier alpha value is -1.62. The fourth-order valence-corrected chi connectivity index (χ4v) is 3.66. The molecule has 0 fully saturated rings. The van der Waals surface area contributed by atoms with Crippen molar-refractivity contribution >= 4 is 27.6 Å². The molecule has 1 rings (SSSR count). The Morgan fingerprint density at radius 3 is 2.67 bits per heavy atom. The second-order valence-corrected chi connectivity index (χ2v) is 6.36. The lowest BCUT2D eigenvalue weighted by Gasteiger charge is -2.20. The molecule has 0 saturated carbocycles. The largest absolute Gasteiger partial charge is 0.465 e. The third kappa shape index (κ3) is 3.94. The number of carbonyl (C=O) groups is 1. The van der Waals surface area contributed by atoms with Crippen LogP contribution in [0, 0.1) is 11.3 Å². The number of esters is 1. The van der Waals surface area contributed by atoms with Crippen LogP contribution in [0.15, 0.2) is 23.1 Å². The lowest BCUT2D eigenvalue weighted by atomic mass is 10.2. The molecule has 0 heterocycles. The maximum atomic E-state index is 12.5. The van der Waals surface area contributed by atoms with E-state index in [0.717, 1.165) is 4.31 Å². The average Bonchev–Trinajstić information content (AvgIpc) is 2.47. The Morgan fingerprint density at radius 2 is 2.14 bits per heavy atom. The summed E-state index contributed by atoms with van der Waals surface area (Å²) < 4.78 is 30.8. The zero-order valence-electron chi connectivity index (χ0n) is 11.7. The number of rotatable bonds is 6. The van der Waals surface area contributed by atoms with Crippen LogP contribution in [0.5, 0.6) is 0 Å². The molecule has 1 aromatic carbocycles. The van der Waals surface area contributed by atoms with E-state index in [1.165, 1.54) is 25.3 Å². The van der Waals surface area contributed by atoms with Gasteiger partial charge in [-0.05, 0) is 18.2 Å². The molecule has 0 aliphatic rings. The number of methoxy groups -OCH3 is 1. The molecular formula is C13H15ClN2O4S. The van der Waals surface area contributed by atoms with E-state index >= 15 is 0 Å². The highest BCUT2D eigenvalue weighted by Crippen LogP contribution is 2.26. The quantitative estimate of drug-likeness (QED) is 0.745. The second kappa shape index (κ2) is 7.41. The maximum absolute atomic E-state index is 12.5. The lowest BCUT2D eigenvalue weighted by Crippen LogP contribution is -2.32. The fourth-order valence-electron chi connectivity index (χ4n) is 1.71. The summed E-state index contributed by atoms with van der Waals surface area (Å²) in [6.07, 6.45) is 0.0708. The van der Waals surface area contributed by atoms with Crippen molar-refractivity contribution in [2.75, 3.05) is 20.2 Å². The zero-order valence-corrected chi connectivity index (χ0v) is 13.2. The lowest BCUT2D eigenvalue weighted by molar-refractivity contribution is 0.0600. The van der Waals surface area contributed by atoms with Crippen LogP contribution in [0.1, 0.15) is 23.7 Å². The van der Waals surface area contributed by atoms with Crippen molar-refractivity contribution in [2.45, 2.75) is 18.2 Å². The Labute approximate surface area is 128 Å². The molecule has 0 atom stereocenters. The van der Waals surface area contributed by atoms with Crippen molar-refractivity contribution in [2.24, 2.45) is 0 Å². The maximum Gasteiger partial charge on any atom is 0.337 e. The Balaban J connectivity index is 3.29. The fraction of sp³-hybridized carbons (Fsp3) is 0.385. The molecule has 0 N–H and O–H groups in total. The van der Waals surface area contributed by atoms with Gasteiger partial charge in [-0.3, -0.25) is 0 Å². The van der Waals surface area contributed by atoms with Gasteiger partial charge in [0.05, 0.1) is 23.8 Å². The van der Waals surface area contributed by atoms with Gasteiger partial charge < -0.3 is 4.74 Å². The molecule has 1 aromatic rings. The SMILES string of the molecule is CCN(CCC#N)S(=O)(=O)c1cc(C(=O)OC)ccc1Cl. The van der Waals surface area contributed by atoms with E-state index in [4.69, 9.17) is 16.9 Å². The van der Waals surface area contributed by atoms with Crippen LogP contribution < -0.4 is 0 Å². The molecule has 0 bridgehead atoms. The molecule has 8 heteroatoms. The predicted octanol–water partition coefficient (Wildman–Crippen LogP) is 2.05. The first-order chi connectivity index (χ1) is 9.88. The molecule has 0 saturated heterocycles. The van der Waals surface area contributed by atoms with Gasteiger partial charge in [0.2, 0.25) is 10.0 Å². The minimum absolute atomic E-state index is 0.0121. The summed E-state index contributed by atoms with van der Waals surface area (Å²) >= 11 is 5.94. The highest BCUT2D eigenvalue weighted by atomic mass is 35.5. The van der Waals surface area contributed by atoms with Gasteiger partial charge in [0.15, 0.2) is 0 Å². The summed E-state index contributed by atoms with van der Waals surface area (Å²) in [5, 5.41) is 8.60. The van der Waals surface area contributed by atoms with Gasteiger partial charge in [0, 0.05) is 19.5 Å². The van der Waals surface area contributed by atoms with Crippen LogP contribution in [0.3, 0.4) is 0 Å². The van der Waals surface area contributed by atoms with Gasteiger partial charge >= 0.3 is 5.97 Å². The van der Waals surface area contributed by atoms with Gasteiger partial charge in [0.1, 0.15) is 4.90 Å². The molecule has 114 valence electrons. The van der Waals surface area contributed by atoms with Gasteiger partial charge in [-0.15, -0.1) is 0 Å². The summed E-state index contributed by atoms with van der Waals surface area (Å²) in [5.41, 5.74) is 0.0943. The molecule has 0 aliphatic heterocycles. The van der Waals surface area contributed by atoms with Crippen molar-refractivity contribution < 1.29 is 17.9 Å². The second-order valence-electron chi connectivity index (χ2n) is 4.04. The topological polar surface area (TPSA) is 87.5 Å². The highest BCUT2D eigenvalue weighted by Gasteiger charge is 2.26. The summed E-state index contributed by atoms with van der Waals surface area (Å²) in [7, 11) is -2.67. The molecule has 0 aliphatic carbocycles. The summed E-state index contributed by atoms with van der Waals surface area (Å²) in [6, 6.07) is 5.80. The molecule has 0 radical (unpaired) electrons. The Bertz CT molecular complexity index is 667. The molecule has 0 spiro atoms. The van der Waals surface area contributed by atoms with Gasteiger partial charge in [0.25, 0.3) is 0 Å². The number of sulfonamides is 1. The predicted molar refractivity (Wildman–Crippen MR) is 77.5 cm³/mol. The van der Waals surface area contributed by atoms with Crippen molar-refractivity contribution in [1.82, 2.24) is 4.31 Å². The van der Waals surface area contributed by atoms with Crippen molar-refractivity contribution in [3.05, 3.63) is 28.8 Å². The molecule has 0 aromatic heterocycles. The Morgan fingerprint density at radius 1 is 1.48 bits per heavy atom. The molecule has 0 unspecified atom stereocenters. The number of ether oxygens (including phenoxy) is 1. The van der Waals surface area contributed by atoms with E-state index in [-0.39, 0.29) is 35.0 Å². The number of benzene rings is 1. The number of carbonyl (C=O) groups excluding carboxylic acids is 1. The van der Waals surface area contributed by atoms with E-state index in [0.29, 0.717) is 0 Å². The standard InChI is InChI=1S/C13H15ClN2O4S/c1-3-16(8-4-7-15)21(18,19)12-9-10(13(17)20-2)5-6-11(12)14/h5-6,9H,3-4,8H2,1-2H3. The first-order valence-electron chi connectivity index (χ1n) is 6.13. The first kappa shape index (κ1) is 17.4. The van der Waals surface area contributed by atoms with Crippen LogP contribution in [-0.2, 0) is 14.8 Å². The van der Waals surface area contributed by atoms with Crippen molar-refractivity contribution in [3.63, 3.8) is 0 Å². The van der Waals surface area contributed by atoms with Gasteiger partial charge in [-0.2, -0.15) is 9.57 Å². The van der Waals surface area contributed by atoms with E-state index in [1.807, 2.05) is 6.07 Å². The van der Waals surface area contributed by atoms with Crippen LogP contribution in [0.4, 0.5) is 0 Å². The average molecular weight is 331 g/mol. The van der Waals surface area contributed by atoms with Crippen LogP contribution in [0.2, 0.25) is 5.02 Å². The van der Waals surface area contributed by atoms with Crippen molar-refractivity contribution in [3.8, 4) is 6.07 Å². The summed E-state index contributed by atoms with van der Waals surface area (Å²) in [4.78, 5) is 11.3. The molecule has 21 heavy (non-hydrogen) atoms. The van der Waals surface area contributed by atoms with Crippen molar-refractivity contribution in [1.29, 1.82) is 5.26 Å². The highest BCUT2D eigenvalue weighted by molar-refractivity contribution is 7.89. The number of hydrogen-bond acceptors (Lipinski definition) is 5. The van der Waals surface area contributed by atoms with Crippen LogP contribution >= 0.6 is 11.6 Å². The van der Waals surface area contributed by atoms with E-state index in [2.05, 4.69) is 4.74 Å². The number of nitriles is 1. The van der Waals surface area contributed by atoms with Crippen LogP contribution in [-0.4, -0.2) is 38.9 Å². The Kier molecular flexibility index (Phi) is 6.15. The van der Waals surface area contributed by atoms with E-state index in [1.54, 1.807) is 6.92 Å². The molecule has 6 nitrogen and oxygen atoms in total. The zero-order chi connectivity index (χ0) is 16.0. The van der Waals surface area contributed by atoms with Crippen LogP contribution in [0.25, 0.3) is 0 Å². The normalized spacial score (nSPS) is 11.2. The summed E-state index contributed by atoms with van der Waals surface area (Å²) in [5.74, 6) is -0.650.